The van der Waals surface area contributed by atoms with E-state index in [1.54, 1.807) is 18.4 Å². The summed E-state index contributed by atoms with van der Waals surface area (Å²) >= 11 is 7.56. The Bertz CT molecular complexity index is 662. The van der Waals surface area contributed by atoms with Gasteiger partial charge in [0.25, 0.3) is 0 Å². The lowest BCUT2D eigenvalue weighted by Crippen LogP contribution is -2.36. The standard InChI is InChI=1S/C17H23ClN4S.HI/c1-17(2,3)14-11-23-15(22-14)10-21-16(19-4)20-9-12-5-7-13(18)8-6-12;/h5-8,11H,9-10H2,1-4H3,(H2,19,20,21);1H. The highest BCUT2D eigenvalue weighted by atomic mass is 127. The lowest BCUT2D eigenvalue weighted by Gasteiger charge is -2.14. The van der Waals surface area contributed by atoms with Crippen LogP contribution in [-0.4, -0.2) is 18.0 Å². The number of halogens is 2. The maximum absolute atomic E-state index is 5.89. The molecular formula is C17H24ClIN4S. The van der Waals surface area contributed by atoms with Gasteiger partial charge in [0.15, 0.2) is 5.96 Å². The molecule has 0 unspecified atom stereocenters. The van der Waals surface area contributed by atoms with Gasteiger partial charge in [0.2, 0.25) is 0 Å². The fourth-order valence-corrected chi connectivity index (χ4v) is 2.99. The Balaban J connectivity index is 0.00000288. The summed E-state index contributed by atoms with van der Waals surface area (Å²) in [4.78, 5) is 8.91. The monoisotopic (exact) mass is 478 g/mol. The lowest BCUT2D eigenvalue weighted by molar-refractivity contribution is 0.570. The first-order valence-corrected chi connectivity index (χ1v) is 8.78. The van der Waals surface area contributed by atoms with Gasteiger partial charge in [0.05, 0.1) is 12.2 Å². The van der Waals surface area contributed by atoms with Crippen LogP contribution in [-0.2, 0) is 18.5 Å². The van der Waals surface area contributed by atoms with E-state index >= 15 is 0 Å². The number of aromatic nitrogens is 1. The van der Waals surface area contributed by atoms with Crippen molar-refractivity contribution in [1.29, 1.82) is 0 Å². The van der Waals surface area contributed by atoms with Gasteiger partial charge >= 0.3 is 0 Å². The van der Waals surface area contributed by atoms with Crippen LogP contribution in [0.2, 0.25) is 5.02 Å². The van der Waals surface area contributed by atoms with Gasteiger partial charge in [-0.05, 0) is 17.7 Å². The summed E-state index contributed by atoms with van der Waals surface area (Å²) in [6.45, 7) is 7.88. The van der Waals surface area contributed by atoms with Crippen molar-refractivity contribution in [3.05, 3.63) is 50.9 Å². The molecule has 0 atom stereocenters. The smallest absolute Gasteiger partial charge is 0.191 e. The van der Waals surface area contributed by atoms with Crippen molar-refractivity contribution in [2.45, 2.75) is 39.3 Å². The van der Waals surface area contributed by atoms with Crippen molar-refractivity contribution in [1.82, 2.24) is 15.6 Å². The van der Waals surface area contributed by atoms with Gasteiger partial charge in [-0.2, -0.15) is 0 Å². The van der Waals surface area contributed by atoms with Crippen LogP contribution in [0.4, 0.5) is 0 Å². The topological polar surface area (TPSA) is 49.3 Å². The normalized spacial score (nSPS) is 11.8. The molecule has 0 spiro atoms. The number of guanidine groups is 1. The van der Waals surface area contributed by atoms with Crippen molar-refractivity contribution in [2.24, 2.45) is 4.99 Å². The molecule has 0 saturated heterocycles. The Hall–Kier alpha value is -0.860. The van der Waals surface area contributed by atoms with E-state index in [0.717, 1.165) is 27.2 Å². The molecule has 4 nitrogen and oxygen atoms in total. The molecule has 2 aromatic rings. The number of thiazole rings is 1. The van der Waals surface area contributed by atoms with Gasteiger partial charge in [0.1, 0.15) is 5.01 Å². The number of rotatable bonds is 4. The van der Waals surface area contributed by atoms with Crippen LogP contribution in [0.1, 0.15) is 37.0 Å². The summed E-state index contributed by atoms with van der Waals surface area (Å²) in [6.07, 6.45) is 0. The Morgan fingerprint density at radius 2 is 1.79 bits per heavy atom. The zero-order valence-corrected chi connectivity index (χ0v) is 18.3. The maximum atomic E-state index is 5.89. The fraction of sp³-hybridized carbons (Fsp3) is 0.412. The molecule has 24 heavy (non-hydrogen) atoms. The highest BCUT2D eigenvalue weighted by molar-refractivity contribution is 14.0. The van der Waals surface area contributed by atoms with E-state index < -0.39 is 0 Å². The van der Waals surface area contributed by atoms with E-state index in [2.05, 4.69) is 46.8 Å². The maximum Gasteiger partial charge on any atom is 0.191 e. The number of aliphatic imine (C=N–C) groups is 1. The second-order valence-electron chi connectivity index (χ2n) is 6.28. The summed E-state index contributed by atoms with van der Waals surface area (Å²) in [5.41, 5.74) is 2.37. The van der Waals surface area contributed by atoms with Crippen LogP contribution in [0.3, 0.4) is 0 Å². The van der Waals surface area contributed by atoms with E-state index in [1.807, 2.05) is 24.3 Å². The molecule has 0 aliphatic rings. The van der Waals surface area contributed by atoms with Gasteiger partial charge in [-0.15, -0.1) is 35.3 Å². The van der Waals surface area contributed by atoms with Crippen molar-refractivity contribution >= 4 is 52.9 Å². The van der Waals surface area contributed by atoms with Gasteiger partial charge < -0.3 is 10.6 Å². The molecule has 2 N–H and O–H groups in total. The third-order valence-corrected chi connectivity index (χ3v) is 4.42. The number of hydrogen-bond acceptors (Lipinski definition) is 3. The number of hydrogen-bond donors (Lipinski definition) is 2. The Morgan fingerprint density at radius 3 is 2.33 bits per heavy atom. The van der Waals surface area contributed by atoms with Crippen LogP contribution < -0.4 is 10.6 Å². The quantitative estimate of drug-likeness (QED) is 0.384. The minimum absolute atomic E-state index is 0. The largest absolute Gasteiger partial charge is 0.352 e. The first kappa shape index (κ1) is 21.2. The minimum Gasteiger partial charge on any atom is -0.352 e. The van der Waals surface area contributed by atoms with E-state index in [9.17, 15) is 0 Å². The molecule has 1 aromatic heterocycles. The highest BCUT2D eigenvalue weighted by Crippen LogP contribution is 2.23. The second kappa shape index (κ2) is 9.58. The van der Waals surface area contributed by atoms with Crippen LogP contribution in [0, 0.1) is 0 Å². The average molecular weight is 479 g/mol. The second-order valence-corrected chi connectivity index (χ2v) is 7.66. The molecule has 0 fully saturated rings. The molecule has 132 valence electrons. The van der Waals surface area contributed by atoms with Crippen LogP contribution >= 0.6 is 46.9 Å². The van der Waals surface area contributed by atoms with Gasteiger partial charge in [-0.1, -0.05) is 44.5 Å². The van der Waals surface area contributed by atoms with E-state index in [4.69, 9.17) is 11.6 Å². The summed E-state index contributed by atoms with van der Waals surface area (Å²) in [5.74, 6) is 0.757. The molecule has 0 radical (unpaired) electrons. The van der Waals surface area contributed by atoms with Crippen LogP contribution in [0.5, 0.6) is 0 Å². The van der Waals surface area contributed by atoms with Gasteiger partial charge in [-0.25, -0.2) is 4.98 Å². The molecule has 0 aliphatic heterocycles. The fourth-order valence-electron chi connectivity index (χ4n) is 1.90. The SMILES string of the molecule is CN=C(NCc1ccc(Cl)cc1)NCc1nc(C(C)(C)C)cs1.I. The summed E-state index contributed by atoms with van der Waals surface area (Å²) in [6, 6.07) is 7.77. The molecule has 1 heterocycles. The number of nitrogens with zero attached hydrogens (tertiary/aromatic N) is 2. The molecule has 0 bridgehead atoms. The molecule has 0 amide bonds. The summed E-state index contributed by atoms with van der Waals surface area (Å²) < 4.78 is 0. The minimum atomic E-state index is 0. The Kier molecular flexibility index (Phi) is 8.45. The summed E-state index contributed by atoms with van der Waals surface area (Å²) in [5, 5.41) is 10.5. The Morgan fingerprint density at radius 1 is 1.17 bits per heavy atom. The first-order chi connectivity index (χ1) is 10.9. The predicted octanol–water partition coefficient (Wildman–Crippen LogP) is 4.58. The molecule has 1 aromatic carbocycles. The summed E-state index contributed by atoms with van der Waals surface area (Å²) in [7, 11) is 1.76. The van der Waals surface area contributed by atoms with Crippen molar-refractivity contribution in [3.8, 4) is 0 Å². The van der Waals surface area contributed by atoms with Crippen molar-refractivity contribution < 1.29 is 0 Å². The molecule has 2 rings (SSSR count). The molecular weight excluding hydrogens is 455 g/mol. The molecule has 0 aliphatic carbocycles. The average Bonchev–Trinajstić information content (AvgIpc) is 2.98. The van der Waals surface area contributed by atoms with E-state index in [0.29, 0.717) is 13.1 Å². The number of nitrogens with one attached hydrogen (secondary N) is 2. The van der Waals surface area contributed by atoms with Crippen molar-refractivity contribution in [3.63, 3.8) is 0 Å². The molecule has 0 saturated carbocycles. The van der Waals surface area contributed by atoms with Crippen molar-refractivity contribution in [2.75, 3.05) is 7.05 Å². The van der Waals surface area contributed by atoms with Crippen LogP contribution in [0.15, 0.2) is 34.6 Å². The zero-order valence-electron chi connectivity index (χ0n) is 14.4. The molecule has 7 heteroatoms. The van der Waals surface area contributed by atoms with Crippen LogP contribution in [0.25, 0.3) is 0 Å². The third kappa shape index (κ3) is 6.57. The lowest BCUT2D eigenvalue weighted by atomic mass is 9.93. The number of benzene rings is 1. The third-order valence-electron chi connectivity index (χ3n) is 3.32. The Labute approximate surface area is 170 Å². The van der Waals surface area contributed by atoms with E-state index in [-0.39, 0.29) is 29.4 Å². The highest BCUT2D eigenvalue weighted by Gasteiger charge is 2.17. The first-order valence-electron chi connectivity index (χ1n) is 7.52. The van der Waals surface area contributed by atoms with Gasteiger partial charge in [0, 0.05) is 29.4 Å². The zero-order chi connectivity index (χ0) is 16.9. The van der Waals surface area contributed by atoms with Gasteiger partial charge in [-0.3, -0.25) is 4.99 Å². The van der Waals surface area contributed by atoms with E-state index in [1.165, 1.54) is 0 Å². The predicted molar refractivity (Wildman–Crippen MR) is 115 cm³/mol.